The Morgan fingerprint density at radius 3 is 0.739 bits per heavy atom. The van der Waals surface area contributed by atoms with Crippen LogP contribution >= 0.6 is 0 Å². The molecule has 0 bridgehead atoms. The van der Waals surface area contributed by atoms with E-state index in [1.807, 2.05) is 24.3 Å². The van der Waals surface area contributed by atoms with Crippen molar-refractivity contribution in [3.8, 4) is 34.5 Å². The molecule has 0 saturated carbocycles. The van der Waals surface area contributed by atoms with Crippen LogP contribution in [-0.4, -0.2) is 63.5 Å². The molecule has 6 N–H and O–H groups in total. The Morgan fingerprint density at radius 1 is 0.284 bits per heavy atom. The highest BCUT2D eigenvalue weighted by Crippen LogP contribution is 2.41. The van der Waals surface area contributed by atoms with Crippen LogP contribution in [0.4, 0.5) is 9.59 Å². The van der Waals surface area contributed by atoms with E-state index in [0.29, 0.717) is 74.1 Å². The fourth-order valence-corrected chi connectivity index (χ4v) is 10.1. The minimum Gasteiger partial charge on any atom is -0.490 e. The van der Waals surface area contributed by atoms with Gasteiger partial charge in [0.1, 0.15) is 0 Å². The summed E-state index contributed by atoms with van der Waals surface area (Å²) >= 11 is 0. The van der Waals surface area contributed by atoms with E-state index in [1.54, 1.807) is 24.3 Å². The summed E-state index contributed by atoms with van der Waals surface area (Å²) in [5.41, 5.74) is 12.2. The number of nitrogens with one attached hydrogen (secondary N) is 6. The molecule has 16 nitrogen and oxygen atoms in total. The number of benzene rings is 3. The third-order valence-corrected chi connectivity index (χ3v) is 15.6. The monoisotopic (exact) mass is 1230 g/mol. The number of carbonyl (C=O) groups is 4. The normalized spacial score (nSPS) is 11.0. The van der Waals surface area contributed by atoms with Crippen molar-refractivity contribution < 1.29 is 47.6 Å². The first kappa shape index (κ1) is 76.2. The van der Waals surface area contributed by atoms with Gasteiger partial charge in [0.2, 0.25) is 11.5 Å². The molecule has 0 aromatic heterocycles. The molecule has 88 heavy (non-hydrogen) atoms. The molecule has 0 saturated heterocycles. The van der Waals surface area contributed by atoms with E-state index in [9.17, 15) is 19.2 Å². The van der Waals surface area contributed by atoms with E-state index >= 15 is 0 Å². The van der Waals surface area contributed by atoms with Gasteiger partial charge >= 0.3 is 12.1 Å². The summed E-state index contributed by atoms with van der Waals surface area (Å²) in [5.74, 6) is 1.80. The summed E-state index contributed by atoms with van der Waals surface area (Å²) in [5, 5.41) is 5.58. The number of hydrazine groups is 2. The lowest BCUT2D eigenvalue weighted by molar-refractivity contribution is 0.0928. The van der Waals surface area contributed by atoms with Crippen molar-refractivity contribution in [1.29, 1.82) is 0 Å². The van der Waals surface area contributed by atoms with Crippen molar-refractivity contribution in [3.63, 3.8) is 0 Å². The average molecular weight is 1230 g/mol. The van der Waals surface area contributed by atoms with Gasteiger partial charge in [-0.25, -0.2) is 20.4 Å². The quantitative estimate of drug-likeness (QED) is 0.0234. The maximum absolute atomic E-state index is 13.7. The summed E-state index contributed by atoms with van der Waals surface area (Å²) < 4.78 is 38.4. The number of amides is 6. The number of hydrogen-bond acceptors (Lipinski definition) is 10. The van der Waals surface area contributed by atoms with Gasteiger partial charge in [-0.05, 0) is 73.9 Å². The van der Waals surface area contributed by atoms with Crippen LogP contribution in [0.2, 0.25) is 0 Å². The average Bonchev–Trinajstić information content (AvgIpc) is 3.72. The number of hydrogen-bond donors (Lipinski definition) is 6. The van der Waals surface area contributed by atoms with Crippen LogP contribution in [0.3, 0.4) is 0 Å². The second-order valence-corrected chi connectivity index (χ2v) is 23.6. The maximum atomic E-state index is 13.7. The standard InChI is InChI=1S/C72H120N6O10/c1-7-13-19-25-31-37-47-83-63-53-61(54-64(84-48-38-32-26-20-14-8-2)67(63)87-51-41-35-29-23-17-11-5)69(79)75-77-71(81)73-57-59-43-45-60(46-44-59)58-74-72(82)78-76-70(80)62-55-65(85-49-39-33-27-21-15-9-3)68(88-52-42-36-30-24-18-12-6)66(56-62)86-50-40-34-28-22-16-10-4/h43-46,53-56H,7-42,47-52,57-58H2,1-6H3,(H,75,79)(H,76,80)(H2,73,77,81)(H2,74,78,82). The molecule has 0 unspecified atom stereocenters. The fraction of sp³-hybridized carbons (Fsp3) is 0.694. The molecule has 0 fully saturated rings. The molecule has 0 aliphatic heterocycles. The lowest BCUT2D eigenvalue weighted by atomic mass is 10.1. The largest absolute Gasteiger partial charge is 0.490 e. The molecule has 3 rings (SSSR count). The van der Waals surface area contributed by atoms with E-state index in [-0.39, 0.29) is 24.2 Å². The first-order chi connectivity index (χ1) is 43.2. The molecular formula is C72H120N6O10. The first-order valence-electron chi connectivity index (χ1n) is 35.1. The smallest absolute Gasteiger partial charge is 0.333 e. The zero-order valence-corrected chi connectivity index (χ0v) is 55.8. The molecule has 0 aliphatic rings. The highest BCUT2D eigenvalue weighted by atomic mass is 16.5. The molecule has 0 radical (unpaired) electrons. The zero-order valence-electron chi connectivity index (χ0n) is 55.8. The van der Waals surface area contributed by atoms with Gasteiger partial charge in [-0.2, -0.15) is 0 Å². The van der Waals surface area contributed by atoms with Crippen molar-refractivity contribution in [2.45, 2.75) is 286 Å². The van der Waals surface area contributed by atoms with Gasteiger partial charge in [0.25, 0.3) is 11.8 Å². The molecule has 0 heterocycles. The third-order valence-electron chi connectivity index (χ3n) is 15.6. The Hall–Kier alpha value is -6.06. The van der Waals surface area contributed by atoms with Crippen LogP contribution in [0.1, 0.15) is 305 Å². The van der Waals surface area contributed by atoms with E-state index < -0.39 is 23.9 Å². The summed E-state index contributed by atoms with van der Waals surface area (Å²) in [6.07, 6.45) is 40.4. The molecule has 0 atom stereocenters. The highest BCUT2D eigenvalue weighted by Gasteiger charge is 2.22. The molecule has 0 aliphatic carbocycles. The van der Waals surface area contributed by atoms with E-state index in [1.165, 1.54) is 128 Å². The summed E-state index contributed by atoms with van der Waals surface area (Å²) in [6.45, 7) is 16.6. The van der Waals surface area contributed by atoms with Gasteiger partial charge in [-0.1, -0.05) is 258 Å². The second kappa shape index (κ2) is 51.8. The Balaban J connectivity index is 1.62. The Labute approximate surface area is 532 Å². The molecule has 0 spiro atoms. The van der Waals surface area contributed by atoms with Gasteiger partial charge in [-0.3, -0.25) is 20.4 Å². The Kier molecular flexibility index (Phi) is 44.8. The van der Waals surface area contributed by atoms with Crippen molar-refractivity contribution in [3.05, 3.63) is 70.8 Å². The van der Waals surface area contributed by atoms with E-state index in [2.05, 4.69) is 73.9 Å². The third kappa shape index (κ3) is 35.8. The van der Waals surface area contributed by atoms with Gasteiger partial charge in [0.05, 0.1) is 39.6 Å². The van der Waals surface area contributed by atoms with Gasteiger partial charge in [-0.15, -0.1) is 0 Å². The lowest BCUT2D eigenvalue weighted by Gasteiger charge is -2.19. The molecule has 6 amide bonds. The van der Waals surface area contributed by atoms with Crippen LogP contribution < -0.4 is 60.8 Å². The SMILES string of the molecule is CCCCCCCCOc1cc(C(=O)NNC(=O)NCc2ccc(CNC(=O)NNC(=O)c3cc(OCCCCCCCC)c(OCCCCCCCC)c(OCCCCCCCC)c3)cc2)cc(OCCCCCCCC)c1OCCCCCCCC. The molecule has 498 valence electrons. The topological polar surface area (TPSA) is 196 Å². The number of ether oxygens (including phenoxy) is 6. The summed E-state index contributed by atoms with van der Waals surface area (Å²) in [6, 6.07) is 12.9. The number of unbranched alkanes of at least 4 members (excludes halogenated alkanes) is 30. The van der Waals surface area contributed by atoms with Gasteiger partial charge < -0.3 is 39.1 Å². The molecule has 3 aromatic rings. The fourth-order valence-electron chi connectivity index (χ4n) is 10.1. The van der Waals surface area contributed by atoms with Crippen LogP contribution in [0, 0.1) is 0 Å². The molecule has 3 aromatic carbocycles. The van der Waals surface area contributed by atoms with Gasteiger partial charge in [0.15, 0.2) is 23.0 Å². The predicted octanol–water partition coefficient (Wildman–Crippen LogP) is 18.4. The van der Waals surface area contributed by atoms with E-state index in [0.717, 1.165) is 114 Å². The van der Waals surface area contributed by atoms with Crippen molar-refractivity contribution >= 4 is 23.9 Å². The van der Waals surface area contributed by atoms with Crippen LogP contribution in [-0.2, 0) is 13.1 Å². The maximum Gasteiger partial charge on any atom is 0.333 e. The Bertz CT molecular complexity index is 2050. The second-order valence-electron chi connectivity index (χ2n) is 23.6. The van der Waals surface area contributed by atoms with Crippen molar-refractivity contribution in [2.24, 2.45) is 0 Å². The van der Waals surface area contributed by atoms with Crippen LogP contribution in [0.15, 0.2) is 48.5 Å². The number of carbonyl (C=O) groups excluding carboxylic acids is 4. The molecule has 16 heteroatoms. The predicted molar refractivity (Wildman–Crippen MR) is 358 cm³/mol. The number of urea groups is 2. The van der Waals surface area contributed by atoms with Crippen molar-refractivity contribution in [1.82, 2.24) is 32.3 Å². The minimum atomic E-state index is -0.600. The van der Waals surface area contributed by atoms with Crippen LogP contribution in [0.5, 0.6) is 34.5 Å². The Morgan fingerprint density at radius 2 is 0.500 bits per heavy atom. The minimum absolute atomic E-state index is 0.170. The van der Waals surface area contributed by atoms with Gasteiger partial charge in [0, 0.05) is 24.2 Å². The number of rotatable bonds is 54. The van der Waals surface area contributed by atoms with Crippen molar-refractivity contribution in [2.75, 3.05) is 39.6 Å². The summed E-state index contributed by atoms with van der Waals surface area (Å²) in [4.78, 5) is 53.6. The van der Waals surface area contributed by atoms with Crippen LogP contribution in [0.25, 0.3) is 0 Å². The lowest BCUT2D eigenvalue weighted by Crippen LogP contribution is -2.46. The summed E-state index contributed by atoms with van der Waals surface area (Å²) in [7, 11) is 0. The first-order valence-corrected chi connectivity index (χ1v) is 35.1. The molecular weight excluding hydrogens is 1110 g/mol. The van der Waals surface area contributed by atoms with E-state index in [4.69, 9.17) is 28.4 Å². The highest BCUT2D eigenvalue weighted by molar-refractivity contribution is 5.97. The zero-order chi connectivity index (χ0) is 63.3.